The van der Waals surface area contributed by atoms with Crippen molar-refractivity contribution >= 4 is 5.91 Å². The lowest BCUT2D eigenvalue weighted by Gasteiger charge is -2.26. The average molecular weight is 184 g/mol. The topological polar surface area (TPSA) is 55.1 Å². The highest BCUT2D eigenvalue weighted by atomic mass is 16.1. The highest BCUT2D eigenvalue weighted by Crippen LogP contribution is 2.36. The van der Waals surface area contributed by atoms with E-state index in [1.54, 1.807) is 0 Å². The van der Waals surface area contributed by atoms with Gasteiger partial charge in [0.2, 0.25) is 5.91 Å². The van der Waals surface area contributed by atoms with Crippen LogP contribution in [0.3, 0.4) is 0 Å². The largest absolute Gasteiger partial charge is 0.368 e. The summed E-state index contributed by atoms with van der Waals surface area (Å²) in [5, 5.41) is 3.25. The van der Waals surface area contributed by atoms with Gasteiger partial charge < -0.3 is 11.1 Å². The van der Waals surface area contributed by atoms with E-state index in [0.29, 0.717) is 5.92 Å². The molecule has 3 nitrogen and oxygen atoms in total. The fourth-order valence-corrected chi connectivity index (χ4v) is 2.31. The molecule has 1 amide bonds. The molecule has 2 atom stereocenters. The number of likely N-dealkylation sites (N-methyl/N-ethyl adjacent to an activating group) is 1. The van der Waals surface area contributed by atoms with Crippen LogP contribution >= 0.6 is 0 Å². The van der Waals surface area contributed by atoms with Crippen LogP contribution in [0.15, 0.2) is 0 Å². The van der Waals surface area contributed by atoms with Gasteiger partial charge in [-0.1, -0.05) is 20.3 Å². The Hall–Kier alpha value is -0.570. The predicted molar refractivity (Wildman–Crippen MR) is 53.2 cm³/mol. The Morgan fingerprint density at radius 2 is 2.31 bits per heavy atom. The maximum Gasteiger partial charge on any atom is 0.237 e. The first-order valence-corrected chi connectivity index (χ1v) is 5.19. The van der Waals surface area contributed by atoms with E-state index in [-0.39, 0.29) is 5.91 Å². The number of rotatable bonds is 4. The number of hydrogen-bond donors (Lipinski definition) is 2. The van der Waals surface area contributed by atoms with Gasteiger partial charge in [0.05, 0.1) is 5.54 Å². The van der Waals surface area contributed by atoms with E-state index in [1.807, 2.05) is 6.92 Å². The van der Waals surface area contributed by atoms with E-state index in [4.69, 9.17) is 5.73 Å². The van der Waals surface area contributed by atoms with Gasteiger partial charge in [0.1, 0.15) is 0 Å². The molecule has 3 N–H and O–H groups in total. The molecule has 0 aromatic rings. The maximum absolute atomic E-state index is 11.3. The average Bonchev–Trinajstić information content (AvgIpc) is 2.50. The Morgan fingerprint density at radius 1 is 1.62 bits per heavy atom. The molecule has 0 spiro atoms. The van der Waals surface area contributed by atoms with E-state index in [2.05, 4.69) is 12.2 Å². The fraction of sp³-hybridized carbons (Fsp3) is 0.900. The first kappa shape index (κ1) is 10.5. The lowest BCUT2D eigenvalue weighted by molar-refractivity contribution is -0.124. The highest BCUT2D eigenvalue weighted by Gasteiger charge is 2.42. The van der Waals surface area contributed by atoms with Gasteiger partial charge in [0, 0.05) is 0 Å². The van der Waals surface area contributed by atoms with Crippen molar-refractivity contribution in [3.8, 4) is 0 Å². The molecule has 0 radical (unpaired) electrons. The number of primary amides is 1. The third-order valence-corrected chi connectivity index (χ3v) is 3.18. The van der Waals surface area contributed by atoms with E-state index in [1.165, 1.54) is 0 Å². The Balaban J connectivity index is 2.65. The van der Waals surface area contributed by atoms with Gasteiger partial charge in [-0.2, -0.15) is 0 Å². The van der Waals surface area contributed by atoms with Crippen LogP contribution in [0.5, 0.6) is 0 Å². The lowest BCUT2D eigenvalue weighted by Crippen LogP contribution is -2.53. The molecule has 1 saturated carbocycles. The standard InChI is InChI=1S/C10H20N2O/c1-3-8-5-6-10(7-8,9(11)13)12-4-2/h8,12H,3-7H2,1-2H3,(H2,11,13). The van der Waals surface area contributed by atoms with Crippen molar-refractivity contribution in [3.63, 3.8) is 0 Å². The molecule has 0 bridgehead atoms. The Morgan fingerprint density at radius 3 is 2.69 bits per heavy atom. The van der Waals surface area contributed by atoms with Crippen molar-refractivity contribution in [2.45, 2.75) is 45.1 Å². The third-order valence-electron chi connectivity index (χ3n) is 3.18. The number of nitrogens with two attached hydrogens (primary N) is 1. The van der Waals surface area contributed by atoms with Crippen LogP contribution in [-0.2, 0) is 4.79 Å². The van der Waals surface area contributed by atoms with Crippen LogP contribution in [0.4, 0.5) is 0 Å². The van der Waals surface area contributed by atoms with Gasteiger partial charge in [0.25, 0.3) is 0 Å². The minimum atomic E-state index is -0.393. The number of carbonyl (C=O) groups is 1. The van der Waals surface area contributed by atoms with Crippen LogP contribution in [0, 0.1) is 5.92 Å². The molecule has 1 rings (SSSR count). The lowest BCUT2D eigenvalue weighted by atomic mass is 9.94. The summed E-state index contributed by atoms with van der Waals surface area (Å²) in [6, 6.07) is 0. The second-order valence-corrected chi connectivity index (χ2v) is 3.99. The summed E-state index contributed by atoms with van der Waals surface area (Å²) in [5.41, 5.74) is 5.04. The summed E-state index contributed by atoms with van der Waals surface area (Å²) < 4.78 is 0. The van der Waals surface area contributed by atoms with Crippen LogP contribution in [0.2, 0.25) is 0 Å². The Labute approximate surface area is 80.1 Å². The summed E-state index contributed by atoms with van der Waals surface area (Å²) in [6.45, 7) is 5.01. The fourth-order valence-electron chi connectivity index (χ4n) is 2.31. The SMILES string of the molecule is CCNC1(C(N)=O)CCC(CC)C1. The van der Waals surface area contributed by atoms with Gasteiger partial charge in [-0.15, -0.1) is 0 Å². The predicted octanol–water partition coefficient (Wildman–Crippen LogP) is 1.03. The van der Waals surface area contributed by atoms with Gasteiger partial charge in [0.15, 0.2) is 0 Å². The van der Waals surface area contributed by atoms with Crippen molar-refractivity contribution in [1.82, 2.24) is 5.32 Å². The van der Waals surface area contributed by atoms with Crippen molar-refractivity contribution in [2.24, 2.45) is 11.7 Å². The molecule has 0 heterocycles. The zero-order chi connectivity index (χ0) is 9.90. The van der Waals surface area contributed by atoms with Crippen LogP contribution < -0.4 is 11.1 Å². The Bertz CT molecular complexity index is 193. The van der Waals surface area contributed by atoms with E-state index in [9.17, 15) is 4.79 Å². The van der Waals surface area contributed by atoms with Crippen molar-refractivity contribution in [2.75, 3.05) is 6.54 Å². The summed E-state index contributed by atoms with van der Waals surface area (Å²) >= 11 is 0. The second-order valence-electron chi connectivity index (χ2n) is 3.99. The van der Waals surface area contributed by atoms with Crippen LogP contribution in [0.1, 0.15) is 39.5 Å². The summed E-state index contributed by atoms with van der Waals surface area (Å²) in [6.07, 6.45) is 4.12. The zero-order valence-corrected chi connectivity index (χ0v) is 8.60. The van der Waals surface area contributed by atoms with Crippen molar-refractivity contribution < 1.29 is 4.79 Å². The molecular weight excluding hydrogens is 164 g/mol. The normalized spacial score (nSPS) is 33.5. The van der Waals surface area contributed by atoms with Crippen LogP contribution in [0.25, 0.3) is 0 Å². The quantitative estimate of drug-likeness (QED) is 0.685. The molecule has 0 saturated heterocycles. The molecule has 76 valence electrons. The van der Waals surface area contributed by atoms with Crippen LogP contribution in [-0.4, -0.2) is 18.0 Å². The van der Waals surface area contributed by atoms with Gasteiger partial charge >= 0.3 is 0 Å². The molecular formula is C10H20N2O. The monoisotopic (exact) mass is 184 g/mol. The minimum absolute atomic E-state index is 0.176. The number of amides is 1. The third kappa shape index (κ3) is 2.02. The molecule has 1 aliphatic rings. The first-order chi connectivity index (χ1) is 6.14. The van der Waals surface area contributed by atoms with E-state index in [0.717, 1.165) is 32.2 Å². The summed E-state index contributed by atoms with van der Waals surface area (Å²) in [4.78, 5) is 11.3. The highest BCUT2D eigenvalue weighted by molar-refractivity contribution is 5.85. The molecule has 13 heavy (non-hydrogen) atoms. The van der Waals surface area contributed by atoms with Crippen molar-refractivity contribution in [3.05, 3.63) is 0 Å². The molecule has 0 aromatic heterocycles. The minimum Gasteiger partial charge on any atom is -0.368 e. The molecule has 2 unspecified atom stereocenters. The van der Waals surface area contributed by atoms with Gasteiger partial charge in [-0.3, -0.25) is 4.79 Å². The molecule has 3 heteroatoms. The van der Waals surface area contributed by atoms with Crippen molar-refractivity contribution in [1.29, 1.82) is 0 Å². The molecule has 1 aliphatic carbocycles. The zero-order valence-electron chi connectivity index (χ0n) is 8.60. The van der Waals surface area contributed by atoms with E-state index < -0.39 is 5.54 Å². The van der Waals surface area contributed by atoms with Gasteiger partial charge in [-0.05, 0) is 31.7 Å². The van der Waals surface area contributed by atoms with Gasteiger partial charge in [-0.25, -0.2) is 0 Å². The molecule has 1 fully saturated rings. The summed E-state index contributed by atoms with van der Waals surface area (Å²) in [7, 11) is 0. The number of hydrogen-bond acceptors (Lipinski definition) is 2. The smallest absolute Gasteiger partial charge is 0.237 e. The number of nitrogens with one attached hydrogen (secondary N) is 1. The maximum atomic E-state index is 11.3. The molecule has 0 aromatic carbocycles. The number of carbonyl (C=O) groups excluding carboxylic acids is 1. The molecule has 0 aliphatic heterocycles. The summed E-state index contributed by atoms with van der Waals surface area (Å²) in [5.74, 6) is 0.497. The second kappa shape index (κ2) is 4.09. The Kier molecular flexibility index (Phi) is 3.31. The first-order valence-electron chi connectivity index (χ1n) is 5.19. The van der Waals surface area contributed by atoms with E-state index >= 15 is 0 Å².